The van der Waals surface area contributed by atoms with Gasteiger partial charge in [0.05, 0.1) is 13.7 Å². The van der Waals surface area contributed by atoms with Gasteiger partial charge in [0, 0.05) is 13.1 Å². The van der Waals surface area contributed by atoms with E-state index in [1.165, 1.54) is 7.11 Å². The monoisotopic (exact) mass is 143 g/mol. The van der Waals surface area contributed by atoms with Crippen molar-refractivity contribution in [1.82, 2.24) is 4.90 Å². The maximum atomic E-state index is 10.7. The zero-order valence-corrected chi connectivity index (χ0v) is 6.46. The molecule has 1 heterocycles. The van der Waals surface area contributed by atoms with Gasteiger partial charge in [-0.2, -0.15) is 0 Å². The molecule has 3 nitrogen and oxygen atoms in total. The van der Waals surface area contributed by atoms with Crippen LogP contribution in [0.25, 0.3) is 0 Å². The summed E-state index contributed by atoms with van der Waals surface area (Å²) in [6.45, 7) is 4.71. The molecular weight excluding hydrogens is 130 g/mol. The quantitative estimate of drug-likeness (QED) is 0.514. The Balaban J connectivity index is 2.10. The fraction of sp³-hybridized carbons (Fsp3) is 0.857. The first-order valence-electron chi connectivity index (χ1n) is 3.51. The molecule has 58 valence electrons. The molecule has 0 N–H and O–H groups in total. The van der Waals surface area contributed by atoms with E-state index in [0.29, 0.717) is 6.54 Å². The Bertz CT molecular complexity index is 130. The first-order valence-corrected chi connectivity index (χ1v) is 3.51. The maximum Gasteiger partial charge on any atom is 0.319 e. The van der Waals surface area contributed by atoms with Gasteiger partial charge in [-0.05, 0) is 5.92 Å². The molecule has 1 saturated heterocycles. The molecule has 0 radical (unpaired) electrons. The summed E-state index contributed by atoms with van der Waals surface area (Å²) in [5.41, 5.74) is 0. The van der Waals surface area contributed by atoms with E-state index >= 15 is 0 Å². The summed E-state index contributed by atoms with van der Waals surface area (Å²) in [4.78, 5) is 12.7. The highest BCUT2D eigenvalue weighted by Gasteiger charge is 2.24. The van der Waals surface area contributed by atoms with Gasteiger partial charge in [-0.3, -0.25) is 9.69 Å². The lowest BCUT2D eigenvalue weighted by Crippen LogP contribution is -2.47. The van der Waals surface area contributed by atoms with Gasteiger partial charge in [0.2, 0.25) is 0 Å². The molecule has 1 aliphatic heterocycles. The Hall–Kier alpha value is -0.570. The summed E-state index contributed by atoms with van der Waals surface area (Å²) in [5.74, 6) is 0.622. The maximum absolute atomic E-state index is 10.7. The van der Waals surface area contributed by atoms with Crippen LogP contribution in [0, 0.1) is 5.92 Å². The molecule has 3 heteroatoms. The zero-order chi connectivity index (χ0) is 7.56. The standard InChI is InChI=1S/C7H13NO2/c1-6-3-8(4-6)5-7(9)10-2/h6H,3-5H2,1-2H3. The van der Waals surface area contributed by atoms with Crippen LogP contribution < -0.4 is 0 Å². The third kappa shape index (κ3) is 1.70. The lowest BCUT2D eigenvalue weighted by Gasteiger charge is -2.35. The molecule has 0 aliphatic carbocycles. The van der Waals surface area contributed by atoms with Crippen LogP contribution in [0.1, 0.15) is 6.92 Å². The van der Waals surface area contributed by atoms with E-state index in [9.17, 15) is 4.79 Å². The van der Waals surface area contributed by atoms with Crippen molar-refractivity contribution in [1.29, 1.82) is 0 Å². The van der Waals surface area contributed by atoms with Gasteiger partial charge in [-0.15, -0.1) is 0 Å². The van der Waals surface area contributed by atoms with E-state index in [0.717, 1.165) is 19.0 Å². The fourth-order valence-electron chi connectivity index (χ4n) is 1.20. The number of carbonyl (C=O) groups is 1. The van der Waals surface area contributed by atoms with Gasteiger partial charge in [-0.1, -0.05) is 6.92 Å². The summed E-state index contributed by atoms with van der Waals surface area (Å²) < 4.78 is 4.51. The van der Waals surface area contributed by atoms with Crippen molar-refractivity contribution in [2.75, 3.05) is 26.7 Å². The Labute approximate surface area is 61.0 Å². The average Bonchev–Trinajstić information content (AvgIpc) is 1.84. The van der Waals surface area contributed by atoms with Gasteiger partial charge in [0.15, 0.2) is 0 Å². The normalized spacial score (nSPS) is 20.2. The van der Waals surface area contributed by atoms with Crippen molar-refractivity contribution in [3.8, 4) is 0 Å². The Kier molecular flexibility index (Phi) is 2.27. The number of esters is 1. The molecule has 0 amide bonds. The highest BCUT2D eigenvalue weighted by atomic mass is 16.5. The molecular formula is C7H13NO2. The number of ether oxygens (including phenoxy) is 1. The number of hydrogen-bond acceptors (Lipinski definition) is 3. The summed E-state index contributed by atoms with van der Waals surface area (Å²) in [7, 11) is 1.42. The number of methoxy groups -OCH3 is 1. The van der Waals surface area contributed by atoms with Gasteiger partial charge in [-0.25, -0.2) is 0 Å². The van der Waals surface area contributed by atoms with E-state index in [1.807, 2.05) is 0 Å². The molecule has 0 aromatic carbocycles. The van der Waals surface area contributed by atoms with Crippen LogP contribution in [0.15, 0.2) is 0 Å². The van der Waals surface area contributed by atoms with Crippen LogP contribution in [0.3, 0.4) is 0 Å². The van der Waals surface area contributed by atoms with Crippen LogP contribution in [0.2, 0.25) is 0 Å². The highest BCUT2D eigenvalue weighted by Crippen LogP contribution is 2.12. The number of likely N-dealkylation sites (tertiary alicyclic amines) is 1. The minimum absolute atomic E-state index is 0.132. The summed E-state index contributed by atoms with van der Waals surface area (Å²) >= 11 is 0. The van der Waals surface area contributed by atoms with Crippen molar-refractivity contribution in [3.63, 3.8) is 0 Å². The molecule has 0 aromatic rings. The predicted molar refractivity (Wildman–Crippen MR) is 37.6 cm³/mol. The molecule has 1 rings (SSSR count). The van der Waals surface area contributed by atoms with Crippen molar-refractivity contribution in [2.24, 2.45) is 5.92 Å². The average molecular weight is 143 g/mol. The van der Waals surface area contributed by atoms with E-state index in [2.05, 4.69) is 16.6 Å². The van der Waals surface area contributed by atoms with E-state index in [-0.39, 0.29) is 5.97 Å². The topological polar surface area (TPSA) is 29.5 Å². The van der Waals surface area contributed by atoms with Crippen molar-refractivity contribution in [3.05, 3.63) is 0 Å². The molecule has 0 saturated carbocycles. The van der Waals surface area contributed by atoms with E-state index in [4.69, 9.17) is 0 Å². The van der Waals surface area contributed by atoms with Crippen molar-refractivity contribution < 1.29 is 9.53 Å². The lowest BCUT2D eigenvalue weighted by molar-refractivity contribution is -0.143. The third-order valence-corrected chi connectivity index (χ3v) is 1.72. The van der Waals surface area contributed by atoms with Gasteiger partial charge < -0.3 is 4.74 Å². The van der Waals surface area contributed by atoms with Gasteiger partial charge in [0.1, 0.15) is 0 Å². The number of hydrogen-bond donors (Lipinski definition) is 0. The molecule has 1 aliphatic rings. The lowest BCUT2D eigenvalue weighted by atomic mass is 10.0. The van der Waals surface area contributed by atoms with Crippen molar-refractivity contribution in [2.45, 2.75) is 6.92 Å². The number of rotatable bonds is 2. The third-order valence-electron chi connectivity index (χ3n) is 1.72. The second kappa shape index (κ2) is 3.01. The Morgan fingerprint density at radius 2 is 2.30 bits per heavy atom. The number of nitrogens with zero attached hydrogens (tertiary/aromatic N) is 1. The SMILES string of the molecule is COC(=O)CN1CC(C)C1. The van der Waals surface area contributed by atoms with Crippen LogP contribution in [0.5, 0.6) is 0 Å². The van der Waals surface area contributed by atoms with Crippen LogP contribution in [-0.4, -0.2) is 37.6 Å². The largest absolute Gasteiger partial charge is 0.468 e. The second-order valence-electron chi connectivity index (χ2n) is 2.88. The highest BCUT2D eigenvalue weighted by molar-refractivity contribution is 5.71. The van der Waals surface area contributed by atoms with E-state index in [1.54, 1.807) is 0 Å². The van der Waals surface area contributed by atoms with Crippen molar-refractivity contribution >= 4 is 5.97 Å². The molecule has 0 atom stereocenters. The minimum Gasteiger partial charge on any atom is -0.468 e. The summed E-state index contributed by atoms with van der Waals surface area (Å²) in [6.07, 6.45) is 0. The van der Waals surface area contributed by atoms with Crippen LogP contribution in [-0.2, 0) is 9.53 Å². The molecule has 0 spiro atoms. The second-order valence-corrected chi connectivity index (χ2v) is 2.88. The fourth-order valence-corrected chi connectivity index (χ4v) is 1.20. The van der Waals surface area contributed by atoms with Gasteiger partial charge >= 0.3 is 5.97 Å². The first-order chi connectivity index (χ1) is 4.72. The summed E-state index contributed by atoms with van der Waals surface area (Å²) in [5, 5.41) is 0. The molecule has 1 fully saturated rings. The molecule has 10 heavy (non-hydrogen) atoms. The van der Waals surface area contributed by atoms with Gasteiger partial charge in [0.25, 0.3) is 0 Å². The van der Waals surface area contributed by atoms with Crippen LogP contribution >= 0.6 is 0 Å². The summed E-state index contributed by atoms with van der Waals surface area (Å²) in [6, 6.07) is 0. The molecule has 0 aromatic heterocycles. The number of carbonyl (C=O) groups excluding carboxylic acids is 1. The predicted octanol–water partition coefficient (Wildman–Crippen LogP) is 0.111. The minimum atomic E-state index is -0.132. The zero-order valence-electron chi connectivity index (χ0n) is 6.46. The molecule has 0 bridgehead atoms. The Morgan fingerprint density at radius 3 is 2.70 bits per heavy atom. The molecule has 0 unspecified atom stereocenters. The first kappa shape index (κ1) is 7.54. The van der Waals surface area contributed by atoms with Crippen LogP contribution in [0.4, 0.5) is 0 Å². The Morgan fingerprint density at radius 1 is 1.70 bits per heavy atom. The smallest absolute Gasteiger partial charge is 0.319 e. The van der Waals surface area contributed by atoms with E-state index < -0.39 is 0 Å².